The average molecular weight is 342 g/mol. The molecule has 1 spiro atoms. The molecule has 1 atom stereocenters. The number of amidine groups is 1. The standard InChI is InChI=1S/C21H18N4O/c1-23-19-15-9-13(11-22)14(12-4-5-12)10-17(15)21(20(26)25-19)7-6-18-16(21)3-2-8-24-18/h2-3,8-10,12H,4-7H2,1H3,(H,23,25,26)/t21-/m0/s1. The van der Waals surface area contributed by atoms with Crippen molar-refractivity contribution in [1.82, 2.24) is 10.3 Å². The molecule has 1 amide bonds. The van der Waals surface area contributed by atoms with Crippen molar-refractivity contribution in [2.75, 3.05) is 7.05 Å². The largest absolute Gasteiger partial charge is 0.373 e. The number of rotatable bonds is 1. The van der Waals surface area contributed by atoms with Crippen molar-refractivity contribution in [3.63, 3.8) is 0 Å². The minimum Gasteiger partial charge on any atom is -0.373 e. The first-order valence-electron chi connectivity index (χ1n) is 9.03. The summed E-state index contributed by atoms with van der Waals surface area (Å²) >= 11 is 0. The molecule has 0 saturated heterocycles. The first kappa shape index (κ1) is 15.3. The second kappa shape index (κ2) is 5.25. The van der Waals surface area contributed by atoms with E-state index in [-0.39, 0.29) is 5.91 Å². The van der Waals surface area contributed by atoms with Gasteiger partial charge in [-0.3, -0.25) is 9.78 Å². The lowest BCUT2D eigenvalue weighted by Crippen LogP contribution is -2.42. The molecule has 1 aliphatic heterocycles. The Labute approximate surface area is 151 Å². The van der Waals surface area contributed by atoms with Gasteiger partial charge in [-0.1, -0.05) is 12.1 Å². The third-order valence-electron chi connectivity index (χ3n) is 5.94. The summed E-state index contributed by atoms with van der Waals surface area (Å²) in [4.78, 5) is 22.1. The predicted octanol–water partition coefficient (Wildman–Crippen LogP) is 2.57. The van der Waals surface area contributed by atoms with E-state index >= 15 is 0 Å². The summed E-state index contributed by atoms with van der Waals surface area (Å²) in [6.45, 7) is 0. The minimum absolute atomic E-state index is 0.132. The van der Waals surface area contributed by atoms with Gasteiger partial charge >= 0.3 is 0 Å². The summed E-state index contributed by atoms with van der Waals surface area (Å²) in [5, 5.41) is 12.7. The van der Waals surface area contributed by atoms with Gasteiger partial charge in [0.2, 0.25) is 0 Å². The molecule has 1 N–H and O–H groups in total. The number of aryl methyl sites for hydroxylation is 1. The van der Waals surface area contributed by atoms with E-state index in [1.54, 1.807) is 13.2 Å². The molecule has 0 radical (unpaired) electrons. The lowest BCUT2D eigenvalue weighted by atomic mass is 9.70. The quantitative estimate of drug-likeness (QED) is 0.864. The van der Waals surface area contributed by atoms with E-state index in [4.69, 9.17) is 0 Å². The van der Waals surface area contributed by atoms with E-state index in [1.165, 1.54) is 0 Å². The molecule has 1 aromatic heterocycles. The molecule has 128 valence electrons. The van der Waals surface area contributed by atoms with E-state index in [2.05, 4.69) is 27.4 Å². The van der Waals surface area contributed by atoms with Gasteiger partial charge in [0.05, 0.1) is 11.6 Å². The van der Waals surface area contributed by atoms with Crippen LogP contribution < -0.4 is 5.32 Å². The lowest BCUT2D eigenvalue weighted by Gasteiger charge is -2.34. The molecular weight excluding hydrogens is 324 g/mol. The molecule has 2 aliphatic carbocycles. The SMILES string of the molecule is CNC1=NC(=O)[C@]2(CCc3ncccc32)c2cc(C3CC3)c(C#N)cc21. The van der Waals surface area contributed by atoms with E-state index in [0.29, 0.717) is 23.7 Å². The van der Waals surface area contributed by atoms with Gasteiger partial charge in [-0.25, -0.2) is 0 Å². The van der Waals surface area contributed by atoms with Crippen LogP contribution in [-0.4, -0.2) is 23.8 Å². The van der Waals surface area contributed by atoms with Crippen LogP contribution in [0.1, 0.15) is 58.7 Å². The molecule has 26 heavy (non-hydrogen) atoms. The molecule has 1 saturated carbocycles. The van der Waals surface area contributed by atoms with Crippen molar-refractivity contribution in [3.8, 4) is 6.07 Å². The van der Waals surface area contributed by atoms with Crippen LogP contribution >= 0.6 is 0 Å². The van der Waals surface area contributed by atoms with Crippen LogP contribution in [0.3, 0.4) is 0 Å². The fraction of sp³-hybridized carbons (Fsp3) is 0.333. The Balaban J connectivity index is 1.84. The molecule has 2 heterocycles. The first-order chi connectivity index (χ1) is 12.7. The highest BCUT2D eigenvalue weighted by atomic mass is 16.1. The number of nitrogens with one attached hydrogen (secondary N) is 1. The Kier molecular flexibility index (Phi) is 3.08. The number of pyridine rings is 1. The second-order valence-corrected chi connectivity index (χ2v) is 7.29. The maximum atomic E-state index is 13.2. The second-order valence-electron chi connectivity index (χ2n) is 7.29. The predicted molar refractivity (Wildman–Crippen MR) is 97.1 cm³/mol. The van der Waals surface area contributed by atoms with E-state index in [1.807, 2.05) is 18.2 Å². The van der Waals surface area contributed by atoms with Crippen LogP contribution in [0.25, 0.3) is 0 Å². The van der Waals surface area contributed by atoms with Gasteiger partial charge in [0.1, 0.15) is 11.3 Å². The fourth-order valence-corrected chi connectivity index (χ4v) is 4.53. The van der Waals surface area contributed by atoms with E-state index in [0.717, 1.165) is 47.2 Å². The minimum atomic E-state index is -0.767. The molecule has 1 aromatic carbocycles. The highest BCUT2D eigenvalue weighted by molar-refractivity contribution is 6.14. The summed E-state index contributed by atoms with van der Waals surface area (Å²) in [5.74, 6) is 0.855. The molecule has 3 aliphatic rings. The number of hydrogen-bond acceptors (Lipinski definition) is 4. The number of carbonyl (C=O) groups excluding carboxylic acids is 1. The van der Waals surface area contributed by atoms with Gasteiger partial charge in [-0.15, -0.1) is 0 Å². The number of nitrogens with zero attached hydrogens (tertiary/aromatic N) is 3. The lowest BCUT2D eigenvalue weighted by molar-refractivity contribution is -0.122. The maximum Gasteiger partial charge on any atom is 0.262 e. The number of fused-ring (bicyclic) bond motifs is 4. The molecule has 2 aromatic rings. The van der Waals surface area contributed by atoms with Gasteiger partial charge in [0, 0.05) is 24.5 Å². The summed E-state index contributed by atoms with van der Waals surface area (Å²) in [6.07, 6.45) is 5.45. The number of hydrogen-bond donors (Lipinski definition) is 1. The highest BCUT2D eigenvalue weighted by Crippen LogP contribution is 2.50. The van der Waals surface area contributed by atoms with Crippen molar-refractivity contribution in [1.29, 1.82) is 5.26 Å². The number of amides is 1. The number of aliphatic imine (C=N–C) groups is 1. The van der Waals surface area contributed by atoms with Crippen LogP contribution in [0, 0.1) is 11.3 Å². The summed E-state index contributed by atoms with van der Waals surface area (Å²) in [7, 11) is 1.76. The van der Waals surface area contributed by atoms with Crippen molar-refractivity contribution in [3.05, 3.63) is 64.0 Å². The Hall–Kier alpha value is -3.00. The van der Waals surface area contributed by atoms with Gasteiger partial charge in [0.15, 0.2) is 0 Å². The molecular formula is C21H18N4O. The van der Waals surface area contributed by atoms with Crippen molar-refractivity contribution < 1.29 is 4.79 Å². The zero-order valence-corrected chi connectivity index (χ0v) is 14.5. The topological polar surface area (TPSA) is 78.1 Å². The third-order valence-corrected chi connectivity index (χ3v) is 5.94. The van der Waals surface area contributed by atoms with Gasteiger partial charge in [-0.2, -0.15) is 10.3 Å². The summed E-state index contributed by atoms with van der Waals surface area (Å²) < 4.78 is 0. The molecule has 5 rings (SSSR count). The van der Waals surface area contributed by atoms with Crippen molar-refractivity contribution in [2.45, 2.75) is 37.0 Å². The average Bonchev–Trinajstić information content (AvgIpc) is 3.45. The smallest absolute Gasteiger partial charge is 0.262 e. The number of benzene rings is 1. The van der Waals surface area contributed by atoms with E-state index in [9.17, 15) is 10.1 Å². The molecule has 0 bridgehead atoms. The number of carbonyl (C=O) groups is 1. The van der Waals surface area contributed by atoms with Gasteiger partial charge < -0.3 is 5.32 Å². The third kappa shape index (κ3) is 1.87. The van der Waals surface area contributed by atoms with Crippen molar-refractivity contribution >= 4 is 11.7 Å². The van der Waals surface area contributed by atoms with Crippen LogP contribution in [0.2, 0.25) is 0 Å². The normalized spacial score (nSPS) is 23.2. The zero-order chi connectivity index (χ0) is 17.9. The van der Waals surface area contributed by atoms with Gasteiger partial charge in [0.25, 0.3) is 5.91 Å². The number of aromatic nitrogens is 1. The van der Waals surface area contributed by atoms with Gasteiger partial charge in [-0.05, 0) is 60.4 Å². The van der Waals surface area contributed by atoms with Crippen LogP contribution in [0.4, 0.5) is 0 Å². The Bertz CT molecular complexity index is 1030. The molecule has 0 unspecified atom stereocenters. The molecule has 1 fully saturated rings. The first-order valence-corrected chi connectivity index (χ1v) is 9.03. The Morgan fingerprint density at radius 3 is 2.88 bits per heavy atom. The summed E-state index contributed by atoms with van der Waals surface area (Å²) in [5.41, 5.74) is 4.80. The maximum absolute atomic E-state index is 13.2. The number of nitriles is 1. The zero-order valence-electron chi connectivity index (χ0n) is 14.5. The monoisotopic (exact) mass is 342 g/mol. The summed E-state index contributed by atoms with van der Waals surface area (Å²) in [6, 6.07) is 10.3. The van der Waals surface area contributed by atoms with E-state index < -0.39 is 5.41 Å². The Morgan fingerprint density at radius 2 is 2.15 bits per heavy atom. The molecule has 5 nitrogen and oxygen atoms in total. The fourth-order valence-electron chi connectivity index (χ4n) is 4.53. The van der Waals surface area contributed by atoms with Crippen LogP contribution in [0.15, 0.2) is 35.5 Å². The van der Waals surface area contributed by atoms with Crippen LogP contribution in [-0.2, 0) is 16.6 Å². The van der Waals surface area contributed by atoms with Crippen LogP contribution in [0.5, 0.6) is 0 Å². The molecule has 5 heteroatoms. The highest BCUT2D eigenvalue weighted by Gasteiger charge is 2.51. The van der Waals surface area contributed by atoms with Crippen molar-refractivity contribution in [2.24, 2.45) is 4.99 Å². The Morgan fingerprint density at radius 1 is 1.31 bits per heavy atom.